The Morgan fingerprint density at radius 3 is 2.67 bits per heavy atom. The van der Waals surface area contributed by atoms with Crippen LogP contribution in [0.1, 0.15) is 22.5 Å². The molecule has 1 saturated heterocycles. The molecule has 0 radical (unpaired) electrons. The van der Waals surface area contributed by atoms with Crippen LogP contribution in [0.25, 0.3) is 5.69 Å². The SMILES string of the molecule is CN1CCC(N(C(=O)c2cccs2)c2ccn(-c3ccccc3F)n2)CC1. The minimum Gasteiger partial charge on any atom is -0.306 e. The molecule has 3 heterocycles. The number of hydrogen-bond acceptors (Lipinski definition) is 4. The maximum absolute atomic E-state index is 14.1. The van der Waals surface area contributed by atoms with Crippen LogP contribution in [0.5, 0.6) is 0 Å². The molecular formula is C20H21FN4OS. The number of amides is 1. The molecule has 1 amide bonds. The van der Waals surface area contributed by atoms with Crippen molar-refractivity contribution >= 4 is 23.1 Å². The number of halogens is 1. The second kappa shape index (κ2) is 7.62. The highest BCUT2D eigenvalue weighted by molar-refractivity contribution is 7.12. The Bertz CT molecular complexity index is 916. The average Bonchev–Trinajstić information content (AvgIpc) is 3.36. The van der Waals surface area contributed by atoms with Crippen molar-refractivity contribution in [1.29, 1.82) is 0 Å². The van der Waals surface area contributed by atoms with Gasteiger partial charge in [0.05, 0.1) is 4.88 Å². The Morgan fingerprint density at radius 2 is 1.96 bits per heavy atom. The number of aromatic nitrogens is 2. The lowest BCUT2D eigenvalue weighted by Crippen LogP contribution is -2.47. The standard InChI is InChI=1S/C20H21FN4OS/c1-23-11-8-15(9-12-23)25(20(26)18-7-4-14-27-18)19-10-13-24(22-19)17-6-3-2-5-16(17)21/h2-7,10,13-15H,8-9,11-12H2,1H3. The van der Waals surface area contributed by atoms with Gasteiger partial charge in [-0.1, -0.05) is 18.2 Å². The van der Waals surface area contributed by atoms with Crippen molar-refractivity contribution in [1.82, 2.24) is 14.7 Å². The van der Waals surface area contributed by atoms with E-state index < -0.39 is 0 Å². The van der Waals surface area contributed by atoms with Gasteiger partial charge in [-0.15, -0.1) is 16.4 Å². The van der Waals surface area contributed by atoms with Crippen LogP contribution in [0, 0.1) is 5.82 Å². The van der Waals surface area contributed by atoms with Gasteiger partial charge in [-0.3, -0.25) is 9.69 Å². The molecule has 4 rings (SSSR count). The zero-order chi connectivity index (χ0) is 18.8. The van der Waals surface area contributed by atoms with Gasteiger partial charge in [-0.25, -0.2) is 9.07 Å². The molecule has 1 aromatic carbocycles. The van der Waals surface area contributed by atoms with Crippen LogP contribution in [0.15, 0.2) is 54.0 Å². The summed E-state index contributed by atoms with van der Waals surface area (Å²) in [6.45, 7) is 1.87. The van der Waals surface area contributed by atoms with E-state index in [1.807, 2.05) is 17.5 Å². The summed E-state index contributed by atoms with van der Waals surface area (Å²) < 4.78 is 15.6. The zero-order valence-corrected chi connectivity index (χ0v) is 15.9. The Hall–Kier alpha value is -2.51. The van der Waals surface area contributed by atoms with Gasteiger partial charge in [-0.05, 0) is 56.6 Å². The van der Waals surface area contributed by atoms with Crippen LogP contribution < -0.4 is 4.90 Å². The van der Waals surface area contributed by atoms with E-state index in [0.717, 1.165) is 25.9 Å². The molecule has 0 aliphatic carbocycles. The maximum atomic E-state index is 14.1. The fourth-order valence-corrected chi connectivity index (χ4v) is 4.10. The normalized spacial score (nSPS) is 15.8. The highest BCUT2D eigenvalue weighted by atomic mass is 32.1. The highest BCUT2D eigenvalue weighted by Crippen LogP contribution is 2.26. The fourth-order valence-electron chi connectivity index (χ4n) is 3.44. The molecule has 0 atom stereocenters. The summed E-state index contributed by atoms with van der Waals surface area (Å²) in [7, 11) is 2.09. The first-order valence-electron chi connectivity index (χ1n) is 8.99. The Labute approximate surface area is 161 Å². The maximum Gasteiger partial charge on any atom is 0.269 e. The van der Waals surface area contributed by atoms with Gasteiger partial charge in [0.2, 0.25) is 0 Å². The summed E-state index contributed by atoms with van der Waals surface area (Å²) in [6.07, 6.45) is 3.48. The third kappa shape index (κ3) is 3.65. The molecule has 27 heavy (non-hydrogen) atoms. The van der Waals surface area contributed by atoms with Crippen LogP contribution in [0.2, 0.25) is 0 Å². The summed E-state index contributed by atoms with van der Waals surface area (Å²) in [4.78, 5) is 17.9. The lowest BCUT2D eigenvalue weighted by Gasteiger charge is -2.36. The highest BCUT2D eigenvalue weighted by Gasteiger charge is 2.31. The lowest BCUT2D eigenvalue weighted by atomic mass is 10.0. The van der Waals surface area contributed by atoms with Crippen LogP contribution in [-0.2, 0) is 0 Å². The lowest BCUT2D eigenvalue weighted by molar-refractivity contribution is 0.0966. The molecule has 0 bridgehead atoms. The van der Waals surface area contributed by atoms with Crippen molar-refractivity contribution in [2.45, 2.75) is 18.9 Å². The van der Waals surface area contributed by atoms with Crippen molar-refractivity contribution < 1.29 is 9.18 Å². The fraction of sp³-hybridized carbons (Fsp3) is 0.300. The zero-order valence-electron chi connectivity index (χ0n) is 15.1. The number of para-hydroxylation sites is 1. The minimum atomic E-state index is -0.345. The molecule has 1 aliphatic heterocycles. The smallest absolute Gasteiger partial charge is 0.269 e. The third-order valence-corrected chi connectivity index (χ3v) is 5.78. The number of carbonyl (C=O) groups is 1. The molecule has 5 nitrogen and oxygen atoms in total. The molecule has 0 unspecified atom stereocenters. The van der Waals surface area contributed by atoms with Crippen molar-refractivity contribution in [2.75, 3.05) is 25.0 Å². The summed E-state index contributed by atoms with van der Waals surface area (Å²) in [5, 5.41) is 6.44. The van der Waals surface area contributed by atoms with Crippen LogP contribution in [0.3, 0.4) is 0 Å². The molecule has 0 saturated carbocycles. The monoisotopic (exact) mass is 384 g/mol. The molecule has 0 spiro atoms. The van der Waals surface area contributed by atoms with E-state index >= 15 is 0 Å². The van der Waals surface area contributed by atoms with Crippen LogP contribution in [-0.4, -0.2) is 46.8 Å². The van der Waals surface area contributed by atoms with Gasteiger partial charge in [0.1, 0.15) is 11.5 Å². The van der Waals surface area contributed by atoms with Crippen molar-refractivity contribution in [3.8, 4) is 5.69 Å². The molecule has 140 valence electrons. The van der Waals surface area contributed by atoms with Crippen molar-refractivity contribution in [2.24, 2.45) is 0 Å². The predicted octanol–water partition coefficient (Wildman–Crippen LogP) is 3.81. The Balaban J connectivity index is 1.69. The quantitative estimate of drug-likeness (QED) is 0.687. The summed E-state index contributed by atoms with van der Waals surface area (Å²) in [6, 6.07) is 12.1. The van der Waals surface area contributed by atoms with Gasteiger partial charge < -0.3 is 4.90 Å². The first kappa shape index (κ1) is 17.9. The Kier molecular flexibility index (Phi) is 5.05. The van der Waals surface area contributed by atoms with E-state index in [4.69, 9.17) is 0 Å². The number of piperidine rings is 1. The summed E-state index contributed by atoms with van der Waals surface area (Å²) >= 11 is 1.43. The van der Waals surface area contributed by atoms with Gasteiger partial charge in [0.15, 0.2) is 5.82 Å². The minimum absolute atomic E-state index is 0.0432. The first-order valence-corrected chi connectivity index (χ1v) is 9.87. The first-order chi connectivity index (χ1) is 13.1. The van der Waals surface area contributed by atoms with Gasteiger partial charge in [-0.2, -0.15) is 0 Å². The Morgan fingerprint density at radius 1 is 1.19 bits per heavy atom. The van der Waals surface area contributed by atoms with Crippen LogP contribution >= 0.6 is 11.3 Å². The second-order valence-electron chi connectivity index (χ2n) is 6.76. The number of carbonyl (C=O) groups excluding carboxylic acids is 1. The molecule has 2 aromatic heterocycles. The second-order valence-corrected chi connectivity index (χ2v) is 7.70. The average molecular weight is 384 g/mol. The summed E-state index contributed by atoms with van der Waals surface area (Å²) in [5.74, 6) is 0.173. The number of nitrogens with zero attached hydrogens (tertiary/aromatic N) is 4. The summed E-state index contributed by atoms with van der Waals surface area (Å²) in [5.41, 5.74) is 0.371. The van der Waals surface area contributed by atoms with Gasteiger partial charge >= 0.3 is 0 Å². The topological polar surface area (TPSA) is 41.4 Å². The number of likely N-dealkylation sites (tertiary alicyclic amines) is 1. The number of hydrogen-bond donors (Lipinski definition) is 0. The van der Waals surface area contributed by atoms with E-state index in [-0.39, 0.29) is 17.8 Å². The molecule has 0 N–H and O–H groups in total. The van der Waals surface area contributed by atoms with E-state index in [1.54, 1.807) is 35.4 Å². The predicted molar refractivity (Wildman–Crippen MR) is 105 cm³/mol. The molecular weight excluding hydrogens is 363 g/mol. The number of benzene rings is 1. The largest absolute Gasteiger partial charge is 0.306 e. The molecule has 1 aliphatic rings. The van der Waals surface area contributed by atoms with E-state index in [0.29, 0.717) is 16.4 Å². The van der Waals surface area contributed by atoms with Gasteiger partial charge in [0, 0.05) is 18.3 Å². The number of thiophene rings is 1. The van der Waals surface area contributed by atoms with Crippen molar-refractivity contribution in [3.05, 3.63) is 64.7 Å². The van der Waals surface area contributed by atoms with E-state index in [2.05, 4.69) is 17.0 Å². The third-order valence-electron chi connectivity index (χ3n) is 4.93. The van der Waals surface area contributed by atoms with E-state index in [1.165, 1.54) is 22.1 Å². The van der Waals surface area contributed by atoms with E-state index in [9.17, 15) is 9.18 Å². The molecule has 7 heteroatoms. The molecule has 3 aromatic rings. The van der Waals surface area contributed by atoms with Gasteiger partial charge in [0.25, 0.3) is 5.91 Å². The number of rotatable bonds is 4. The van der Waals surface area contributed by atoms with Crippen molar-refractivity contribution in [3.63, 3.8) is 0 Å². The van der Waals surface area contributed by atoms with Crippen LogP contribution in [0.4, 0.5) is 10.2 Å². The molecule has 1 fully saturated rings. The number of anilines is 1.